The van der Waals surface area contributed by atoms with Crippen LogP contribution >= 0.6 is 23.4 Å². The lowest BCUT2D eigenvalue weighted by Gasteiger charge is -2.10. The number of nitrogens with one attached hydrogen (secondary N) is 2. The molecule has 2 N–H and O–H groups in total. The zero-order chi connectivity index (χ0) is 20.4. The van der Waals surface area contributed by atoms with Gasteiger partial charge in [0.1, 0.15) is 0 Å². The lowest BCUT2D eigenvalue weighted by molar-refractivity contribution is -0.113. The second-order valence-corrected chi connectivity index (χ2v) is 8.08. The lowest BCUT2D eigenvalue weighted by atomic mass is 10.1. The standard InChI is InChI=1S/C21H26ClN3O2S/c1-25(2)13-3-12-23-21(27)17-6-4-16(5-7-17)14-28-15-20(26)24-19-10-8-18(22)9-11-19/h4-11H,3,12-15H2,1-2H3,(H,23,27)(H,24,26). The van der Waals surface area contributed by atoms with Gasteiger partial charge in [-0.15, -0.1) is 11.8 Å². The molecule has 2 aromatic rings. The molecule has 0 atom stereocenters. The molecule has 2 aromatic carbocycles. The summed E-state index contributed by atoms with van der Waals surface area (Å²) in [6, 6.07) is 14.5. The molecule has 0 saturated carbocycles. The van der Waals surface area contributed by atoms with Crippen LogP contribution < -0.4 is 10.6 Å². The number of carbonyl (C=O) groups excluding carboxylic acids is 2. The highest BCUT2D eigenvalue weighted by molar-refractivity contribution is 7.99. The van der Waals surface area contributed by atoms with E-state index in [1.807, 2.05) is 38.4 Å². The highest BCUT2D eigenvalue weighted by Gasteiger charge is 2.06. The van der Waals surface area contributed by atoms with Crippen molar-refractivity contribution in [3.05, 3.63) is 64.7 Å². The lowest BCUT2D eigenvalue weighted by Crippen LogP contribution is -2.27. The third-order valence-electron chi connectivity index (χ3n) is 3.91. The zero-order valence-electron chi connectivity index (χ0n) is 16.2. The molecule has 0 saturated heterocycles. The van der Waals surface area contributed by atoms with E-state index in [4.69, 9.17) is 11.6 Å². The van der Waals surface area contributed by atoms with Crippen LogP contribution in [-0.2, 0) is 10.5 Å². The van der Waals surface area contributed by atoms with Crippen LogP contribution in [0.1, 0.15) is 22.3 Å². The third kappa shape index (κ3) is 8.33. The first-order chi connectivity index (χ1) is 13.4. The Labute approximate surface area is 175 Å². The molecule has 0 fully saturated rings. The number of rotatable bonds is 10. The third-order valence-corrected chi connectivity index (χ3v) is 5.17. The van der Waals surface area contributed by atoms with E-state index in [2.05, 4.69) is 15.5 Å². The van der Waals surface area contributed by atoms with Crippen molar-refractivity contribution < 1.29 is 9.59 Å². The van der Waals surface area contributed by atoms with Gasteiger partial charge in [0.05, 0.1) is 5.75 Å². The minimum Gasteiger partial charge on any atom is -0.352 e. The molecule has 2 amide bonds. The molecule has 0 aliphatic carbocycles. The van der Waals surface area contributed by atoms with Gasteiger partial charge in [-0.25, -0.2) is 0 Å². The van der Waals surface area contributed by atoms with Gasteiger partial charge in [0.15, 0.2) is 0 Å². The number of thioether (sulfide) groups is 1. The van der Waals surface area contributed by atoms with Crippen molar-refractivity contribution >= 4 is 40.9 Å². The molecule has 0 spiro atoms. The summed E-state index contributed by atoms with van der Waals surface area (Å²) >= 11 is 7.36. The van der Waals surface area contributed by atoms with Gasteiger partial charge in [-0.05, 0) is 69.0 Å². The minimum atomic E-state index is -0.0553. The van der Waals surface area contributed by atoms with Crippen molar-refractivity contribution in [2.75, 3.05) is 38.3 Å². The Morgan fingerprint density at radius 1 is 1.04 bits per heavy atom. The Bertz CT molecular complexity index is 764. The van der Waals surface area contributed by atoms with Crippen molar-refractivity contribution in [3.63, 3.8) is 0 Å². The van der Waals surface area contributed by atoms with E-state index in [0.717, 1.165) is 24.2 Å². The van der Waals surface area contributed by atoms with Crippen LogP contribution in [0.5, 0.6) is 0 Å². The monoisotopic (exact) mass is 419 g/mol. The summed E-state index contributed by atoms with van der Waals surface area (Å²) in [6.45, 7) is 1.61. The normalized spacial score (nSPS) is 10.7. The molecule has 0 heterocycles. The van der Waals surface area contributed by atoms with E-state index >= 15 is 0 Å². The average molecular weight is 420 g/mol. The summed E-state index contributed by atoms with van der Waals surface area (Å²) in [4.78, 5) is 26.2. The second kappa shape index (κ2) is 11.7. The first-order valence-corrected chi connectivity index (χ1v) is 10.6. The SMILES string of the molecule is CN(C)CCCNC(=O)c1ccc(CSCC(=O)Nc2ccc(Cl)cc2)cc1. The van der Waals surface area contributed by atoms with E-state index in [1.54, 1.807) is 24.3 Å². The van der Waals surface area contributed by atoms with E-state index in [1.165, 1.54) is 11.8 Å². The van der Waals surface area contributed by atoms with Gasteiger partial charge in [0.25, 0.3) is 5.91 Å². The molecule has 0 aliphatic rings. The quantitative estimate of drug-likeness (QED) is 0.573. The van der Waals surface area contributed by atoms with Crippen LogP contribution in [0.15, 0.2) is 48.5 Å². The van der Waals surface area contributed by atoms with E-state index < -0.39 is 0 Å². The Kier molecular flexibility index (Phi) is 9.34. The maximum absolute atomic E-state index is 12.1. The molecule has 0 radical (unpaired) electrons. The molecule has 28 heavy (non-hydrogen) atoms. The van der Waals surface area contributed by atoms with Gasteiger partial charge in [-0.3, -0.25) is 9.59 Å². The predicted octanol–water partition coefficient (Wildman–Crippen LogP) is 3.89. The Balaban J connectivity index is 1.69. The fourth-order valence-electron chi connectivity index (χ4n) is 2.44. The van der Waals surface area contributed by atoms with Crippen LogP contribution in [0.4, 0.5) is 5.69 Å². The van der Waals surface area contributed by atoms with Crippen molar-refractivity contribution in [2.24, 2.45) is 0 Å². The molecule has 0 aliphatic heterocycles. The summed E-state index contributed by atoms with van der Waals surface area (Å²) in [7, 11) is 4.03. The number of nitrogens with zero attached hydrogens (tertiary/aromatic N) is 1. The van der Waals surface area contributed by atoms with Gasteiger partial charge < -0.3 is 15.5 Å². The predicted molar refractivity (Wildman–Crippen MR) is 118 cm³/mol. The van der Waals surface area contributed by atoms with Crippen LogP contribution in [-0.4, -0.2) is 49.7 Å². The summed E-state index contributed by atoms with van der Waals surface area (Å²) in [5.41, 5.74) is 2.46. The van der Waals surface area contributed by atoms with Crippen LogP contribution in [0.2, 0.25) is 5.02 Å². The largest absolute Gasteiger partial charge is 0.352 e. The Morgan fingerprint density at radius 2 is 1.71 bits per heavy atom. The fourth-order valence-corrected chi connectivity index (χ4v) is 3.36. The molecule has 7 heteroatoms. The summed E-state index contributed by atoms with van der Waals surface area (Å²) in [5.74, 6) is 0.955. The number of anilines is 1. The molecule has 0 aromatic heterocycles. The second-order valence-electron chi connectivity index (χ2n) is 6.66. The number of halogens is 1. The molecule has 0 bridgehead atoms. The van der Waals surface area contributed by atoms with Crippen molar-refractivity contribution in [3.8, 4) is 0 Å². The molecule has 2 rings (SSSR count). The fraction of sp³-hybridized carbons (Fsp3) is 0.333. The summed E-state index contributed by atoms with van der Waals surface area (Å²) in [5, 5.41) is 6.40. The molecule has 5 nitrogen and oxygen atoms in total. The maximum Gasteiger partial charge on any atom is 0.251 e. The van der Waals surface area contributed by atoms with Crippen LogP contribution in [0.25, 0.3) is 0 Å². The number of carbonyl (C=O) groups is 2. The van der Waals surface area contributed by atoms with E-state index in [9.17, 15) is 9.59 Å². The first-order valence-electron chi connectivity index (χ1n) is 9.09. The number of hydrogen-bond donors (Lipinski definition) is 2. The maximum atomic E-state index is 12.1. The van der Waals surface area contributed by atoms with Gasteiger partial charge in [0, 0.05) is 28.6 Å². The molecule has 150 valence electrons. The van der Waals surface area contributed by atoms with Gasteiger partial charge in [-0.2, -0.15) is 0 Å². The number of hydrogen-bond acceptors (Lipinski definition) is 4. The first kappa shape index (κ1) is 22.3. The van der Waals surface area contributed by atoms with Crippen molar-refractivity contribution in [1.82, 2.24) is 10.2 Å². The Hall–Kier alpha value is -2.02. The number of amides is 2. The summed E-state index contributed by atoms with van der Waals surface area (Å²) in [6.07, 6.45) is 0.922. The zero-order valence-corrected chi connectivity index (χ0v) is 17.8. The summed E-state index contributed by atoms with van der Waals surface area (Å²) < 4.78 is 0. The minimum absolute atomic E-state index is 0.0546. The smallest absolute Gasteiger partial charge is 0.251 e. The van der Waals surface area contributed by atoms with Gasteiger partial charge in [0.2, 0.25) is 5.91 Å². The van der Waals surface area contributed by atoms with E-state index in [-0.39, 0.29) is 11.8 Å². The molecular formula is C21H26ClN3O2S. The average Bonchev–Trinajstić information content (AvgIpc) is 2.67. The van der Waals surface area contributed by atoms with Crippen molar-refractivity contribution in [2.45, 2.75) is 12.2 Å². The van der Waals surface area contributed by atoms with Crippen molar-refractivity contribution in [1.29, 1.82) is 0 Å². The van der Waals surface area contributed by atoms with Gasteiger partial charge >= 0.3 is 0 Å². The Morgan fingerprint density at radius 3 is 2.36 bits per heavy atom. The molecular weight excluding hydrogens is 394 g/mol. The van der Waals surface area contributed by atoms with Gasteiger partial charge in [-0.1, -0.05) is 23.7 Å². The highest BCUT2D eigenvalue weighted by atomic mass is 35.5. The molecule has 0 unspecified atom stereocenters. The van der Waals surface area contributed by atoms with Crippen LogP contribution in [0, 0.1) is 0 Å². The van der Waals surface area contributed by atoms with E-state index in [0.29, 0.717) is 28.6 Å². The topological polar surface area (TPSA) is 61.4 Å². The highest BCUT2D eigenvalue weighted by Crippen LogP contribution is 2.16. The van der Waals surface area contributed by atoms with Crippen LogP contribution in [0.3, 0.4) is 0 Å². The number of benzene rings is 2.